The van der Waals surface area contributed by atoms with E-state index in [1.54, 1.807) is 41.5 Å². The normalized spacial score (nSPS) is 12.1. The van der Waals surface area contributed by atoms with Crippen LogP contribution in [-0.4, -0.2) is 38.3 Å². The van der Waals surface area contributed by atoms with E-state index in [0.717, 1.165) is 0 Å². The van der Waals surface area contributed by atoms with Crippen molar-refractivity contribution in [2.45, 2.75) is 52.7 Å². The molecule has 2 aromatic heterocycles. The van der Waals surface area contributed by atoms with Crippen molar-refractivity contribution in [1.82, 2.24) is 15.0 Å². The van der Waals surface area contributed by atoms with Gasteiger partial charge in [-0.1, -0.05) is 0 Å². The lowest BCUT2D eigenvalue weighted by Crippen LogP contribution is -2.44. The number of aromatic nitrogens is 3. The predicted molar refractivity (Wildman–Crippen MR) is 88.8 cm³/mol. The molecule has 0 saturated carbocycles. The molecule has 0 fully saturated rings. The minimum atomic E-state index is -1.10. The van der Waals surface area contributed by atoms with Crippen LogP contribution in [0.4, 0.5) is 19.8 Å². The summed E-state index contributed by atoms with van der Waals surface area (Å²) in [6, 6.07) is 1.52. The van der Waals surface area contributed by atoms with Crippen LogP contribution >= 0.6 is 0 Å². The Morgan fingerprint density at radius 1 is 1.04 bits per heavy atom. The van der Waals surface area contributed by atoms with E-state index in [-0.39, 0.29) is 16.9 Å². The van der Waals surface area contributed by atoms with E-state index in [4.69, 9.17) is 9.47 Å². The third-order valence-electron chi connectivity index (χ3n) is 2.73. The van der Waals surface area contributed by atoms with Gasteiger partial charge < -0.3 is 14.5 Å². The lowest BCUT2D eigenvalue weighted by Gasteiger charge is -2.28. The summed E-state index contributed by atoms with van der Waals surface area (Å²) < 4.78 is 24.3. The molecule has 0 aliphatic carbocycles. The van der Waals surface area contributed by atoms with Gasteiger partial charge in [0.2, 0.25) is 0 Å². The number of fused-ring (bicyclic) bond motifs is 1. The Morgan fingerprint density at radius 3 is 2.04 bits per heavy atom. The maximum absolute atomic E-state index is 13.8. The lowest BCUT2D eigenvalue weighted by molar-refractivity contribution is 0.0429. The molecule has 0 unspecified atom stereocenters. The molecule has 0 radical (unpaired) electrons. The van der Waals surface area contributed by atoms with E-state index < -0.39 is 29.5 Å². The first-order valence-electron chi connectivity index (χ1n) is 7.64. The van der Waals surface area contributed by atoms with Crippen molar-refractivity contribution in [2.75, 3.05) is 4.90 Å². The van der Waals surface area contributed by atoms with E-state index in [9.17, 15) is 14.0 Å². The lowest BCUT2D eigenvalue weighted by atomic mass is 10.2. The number of hydrogen-bond acceptors (Lipinski definition) is 6. The van der Waals surface area contributed by atoms with E-state index in [0.29, 0.717) is 4.90 Å². The monoisotopic (exact) mass is 352 g/mol. The van der Waals surface area contributed by atoms with Crippen LogP contribution < -0.4 is 4.90 Å². The molecule has 2 rings (SSSR count). The third kappa shape index (κ3) is 4.65. The zero-order valence-corrected chi connectivity index (χ0v) is 15.0. The molecular weight excluding hydrogens is 331 g/mol. The number of nitrogens with one attached hydrogen (secondary N) is 1. The number of carbonyl (C=O) groups excluding carboxylic acids is 2. The maximum atomic E-state index is 13.8. The zero-order valence-electron chi connectivity index (χ0n) is 15.0. The van der Waals surface area contributed by atoms with Gasteiger partial charge in [-0.05, 0) is 47.6 Å². The summed E-state index contributed by atoms with van der Waals surface area (Å²) in [6.07, 6.45) is -1.66. The van der Waals surface area contributed by atoms with Gasteiger partial charge in [0.25, 0.3) is 0 Å². The number of halogens is 1. The second-order valence-corrected chi connectivity index (χ2v) is 7.35. The number of anilines is 1. The van der Waals surface area contributed by atoms with Crippen molar-refractivity contribution in [3.8, 4) is 0 Å². The number of imide groups is 1. The Kier molecular flexibility index (Phi) is 4.70. The van der Waals surface area contributed by atoms with Gasteiger partial charge in [0.15, 0.2) is 5.82 Å². The average molecular weight is 352 g/mol. The molecule has 0 aliphatic rings. The van der Waals surface area contributed by atoms with Gasteiger partial charge in [0.05, 0.1) is 5.39 Å². The Balaban J connectivity index is 2.55. The summed E-state index contributed by atoms with van der Waals surface area (Å²) in [4.78, 5) is 35.6. The highest BCUT2D eigenvalue weighted by Gasteiger charge is 2.35. The quantitative estimate of drug-likeness (QED) is 0.785. The average Bonchev–Trinajstić information content (AvgIpc) is 2.82. The number of nitrogens with zero attached hydrogens (tertiary/aromatic N) is 3. The summed E-state index contributed by atoms with van der Waals surface area (Å²) in [5.41, 5.74) is -1.61. The molecule has 8 nitrogen and oxygen atoms in total. The van der Waals surface area contributed by atoms with Crippen molar-refractivity contribution < 1.29 is 23.5 Å². The minimum Gasteiger partial charge on any atom is -0.443 e. The van der Waals surface area contributed by atoms with Crippen LogP contribution in [-0.2, 0) is 9.47 Å². The summed E-state index contributed by atoms with van der Waals surface area (Å²) >= 11 is 0. The zero-order chi connectivity index (χ0) is 19.0. The van der Waals surface area contributed by atoms with Crippen LogP contribution in [0.3, 0.4) is 0 Å². The number of hydrogen-bond donors (Lipinski definition) is 1. The fraction of sp³-hybridized carbons (Fsp3) is 0.500. The molecule has 0 spiro atoms. The van der Waals surface area contributed by atoms with Gasteiger partial charge in [-0.2, -0.15) is 19.3 Å². The smallest absolute Gasteiger partial charge is 0.425 e. The van der Waals surface area contributed by atoms with Gasteiger partial charge in [0, 0.05) is 6.20 Å². The highest BCUT2D eigenvalue weighted by Crippen LogP contribution is 2.26. The summed E-state index contributed by atoms with van der Waals surface area (Å²) in [7, 11) is 0. The van der Waals surface area contributed by atoms with Crippen LogP contribution in [0, 0.1) is 6.08 Å². The van der Waals surface area contributed by atoms with Crippen LogP contribution in [0.5, 0.6) is 0 Å². The number of aromatic amines is 1. The number of carbonyl (C=O) groups is 2. The van der Waals surface area contributed by atoms with E-state index in [1.807, 2.05) is 0 Å². The highest BCUT2D eigenvalue weighted by molar-refractivity contribution is 6.13. The molecule has 0 atom stereocenters. The Bertz CT molecular complexity index is 777. The molecule has 2 amide bonds. The summed E-state index contributed by atoms with van der Waals surface area (Å²) in [5.74, 6) is -0.257. The Labute approximate surface area is 144 Å². The maximum Gasteiger partial charge on any atom is 0.425 e. The Hall–Kier alpha value is -2.71. The minimum absolute atomic E-state index is 0.139. The molecule has 136 valence electrons. The molecule has 9 heteroatoms. The van der Waals surface area contributed by atoms with Gasteiger partial charge in [-0.25, -0.2) is 9.59 Å². The van der Waals surface area contributed by atoms with Gasteiger partial charge in [-0.3, -0.25) is 0 Å². The molecule has 1 N–H and O–H groups in total. The molecule has 2 heterocycles. The molecule has 2 aromatic rings. The van der Waals surface area contributed by atoms with Crippen LogP contribution in [0.2, 0.25) is 0 Å². The molecule has 0 aromatic carbocycles. The van der Waals surface area contributed by atoms with Crippen molar-refractivity contribution in [3.63, 3.8) is 0 Å². The van der Waals surface area contributed by atoms with Gasteiger partial charge >= 0.3 is 18.3 Å². The van der Waals surface area contributed by atoms with Gasteiger partial charge in [0.1, 0.15) is 16.8 Å². The molecule has 0 bridgehead atoms. The first-order valence-corrected chi connectivity index (χ1v) is 7.64. The van der Waals surface area contributed by atoms with Crippen molar-refractivity contribution in [1.29, 1.82) is 0 Å². The SMILES string of the molecule is CC(C)(C)OC(=O)N(C(=O)OC(C)(C)C)c1nc(F)nc2[nH]ccc12. The fourth-order valence-electron chi connectivity index (χ4n) is 1.93. The van der Waals surface area contributed by atoms with Crippen LogP contribution in [0.1, 0.15) is 41.5 Å². The molecule has 0 aliphatic heterocycles. The first-order chi connectivity index (χ1) is 11.4. The number of amides is 2. The van der Waals surface area contributed by atoms with Crippen molar-refractivity contribution >= 4 is 29.0 Å². The second-order valence-electron chi connectivity index (χ2n) is 7.35. The van der Waals surface area contributed by atoms with E-state index in [2.05, 4.69) is 15.0 Å². The fourth-order valence-corrected chi connectivity index (χ4v) is 1.93. The van der Waals surface area contributed by atoms with Crippen LogP contribution in [0.25, 0.3) is 11.0 Å². The standard InChI is InChI=1S/C16H21FN4O4/c1-15(2,3)24-13(22)21(14(23)25-16(4,5)6)11-9-7-8-18-10(9)19-12(17)20-11/h7-8H,1-6H3,(H,18,19,20). The van der Waals surface area contributed by atoms with Crippen molar-refractivity contribution in [3.05, 3.63) is 18.3 Å². The Morgan fingerprint density at radius 2 is 1.56 bits per heavy atom. The first kappa shape index (κ1) is 18.6. The summed E-state index contributed by atoms with van der Waals surface area (Å²) in [6.45, 7) is 9.86. The second kappa shape index (κ2) is 6.30. The third-order valence-corrected chi connectivity index (χ3v) is 2.73. The molecule has 25 heavy (non-hydrogen) atoms. The largest absolute Gasteiger partial charge is 0.443 e. The highest BCUT2D eigenvalue weighted by atomic mass is 19.1. The van der Waals surface area contributed by atoms with Crippen LogP contribution in [0.15, 0.2) is 12.3 Å². The topological polar surface area (TPSA) is 97.4 Å². The summed E-state index contributed by atoms with van der Waals surface area (Å²) in [5, 5.41) is 0.276. The van der Waals surface area contributed by atoms with Crippen molar-refractivity contribution in [2.24, 2.45) is 0 Å². The van der Waals surface area contributed by atoms with E-state index in [1.165, 1.54) is 12.3 Å². The number of ether oxygens (including phenoxy) is 2. The van der Waals surface area contributed by atoms with E-state index >= 15 is 0 Å². The van der Waals surface area contributed by atoms with Gasteiger partial charge in [-0.15, -0.1) is 0 Å². The number of H-pyrrole nitrogens is 1. The predicted octanol–water partition coefficient (Wildman–Crippen LogP) is 3.77. The number of rotatable bonds is 1. The molecule has 0 saturated heterocycles. The molecular formula is C16H21FN4O4.